The molecular formula is C19H25N3O5. The van der Waals surface area contributed by atoms with Crippen molar-refractivity contribution in [3.63, 3.8) is 0 Å². The van der Waals surface area contributed by atoms with Crippen molar-refractivity contribution in [1.82, 2.24) is 10.6 Å². The molecule has 8 nitrogen and oxygen atoms in total. The monoisotopic (exact) mass is 375 g/mol. The van der Waals surface area contributed by atoms with Crippen molar-refractivity contribution in [3.05, 3.63) is 29.8 Å². The number of hydrogen-bond acceptors (Lipinski definition) is 6. The van der Waals surface area contributed by atoms with E-state index in [-0.39, 0.29) is 36.9 Å². The number of amides is 1. The number of hydrogen-bond donors (Lipinski definition) is 4. The van der Waals surface area contributed by atoms with E-state index in [0.717, 1.165) is 19.4 Å². The van der Waals surface area contributed by atoms with Gasteiger partial charge in [-0.15, -0.1) is 0 Å². The van der Waals surface area contributed by atoms with Crippen molar-refractivity contribution in [2.45, 2.75) is 43.8 Å². The fourth-order valence-corrected chi connectivity index (χ4v) is 3.88. The lowest BCUT2D eigenvalue weighted by Gasteiger charge is -2.33. The Hall–Kier alpha value is -2.45. The lowest BCUT2D eigenvalue weighted by molar-refractivity contribution is -0.142. The zero-order valence-corrected chi connectivity index (χ0v) is 15.2. The smallest absolute Gasteiger partial charge is 0.322 e. The summed E-state index contributed by atoms with van der Waals surface area (Å²) >= 11 is 0. The molecule has 8 heteroatoms. The number of carboxylic acid groups (broad SMARTS) is 1. The SMILES string of the molecule is COC(=O)C1CC2CC(c3ccc(NC(=O)CCC(=O)O)cc3)CNC2N1. The second-order valence-corrected chi connectivity index (χ2v) is 7.12. The standard InChI is InChI=1S/C19H25N3O5/c1-27-19(26)15-9-12-8-13(10-20-18(12)22-15)11-2-4-14(5-3-11)21-16(23)6-7-17(24)25/h2-5,12-13,15,18,20,22H,6-10H2,1H3,(H,21,23)(H,24,25). The van der Waals surface area contributed by atoms with Gasteiger partial charge in [0.25, 0.3) is 0 Å². The number of carbonyl (C=O) groups is 3. The van der Waals surface area contributed by atoms with E-state index < -0.39 is 5.97 Å². The second-order valence-electron chi connectivity index (χ2n) is 7.12. The molecule has 2 fully saturated rings. The van der Waals surface area contributed by atoms with Crippen molar-refractivity contribution >= 4 is 23.5 Å². The summed E-state index contributed by atoms with van der Waals surface area (Å²) in [5.41, 5.74) is 1.83. The number of ether oxygens (including phenoxy) is 1. The van der Waals surface area contributed by atoms with Gasteiger partial charge in [-0.1, -0.05) is 12.1 Å². The van der Waals surface area contributed by atoms with Gasteiger partial charge >= 0.3 is 11.9 Å². The summed E-state index contributed by atoms with van der Waals surface area (Å²) in [5, 5.41) is 18.1. The van der Waals surface area contributed by atoms with Crippen molar-refractivity contribution in [1.29, 1.82) is 0 Å². The van der Waals surface area contributed by atoms with E-state index in [1.807, 2.05) is 24.3 Å². The minimum atomic E-state index is -0.987. The number of carbonyl (C=O) groups excluding carboxylic acids is 2. The van der Waals surface area contributed by atoms with Crippen LogP contribution in [0.2, 0.25) is 0 Å². The van der Waals surface area contributed by atoms with Gasteiger partial charge in [-0.05, 0) is 42.4 Å². The average molecular weight is 375 g/mol. The fourth-order valence-electron chi connectivity index (χ4n) is 3.88. The zero-order valence-electron chi connectivity index (χ0n) is 15.2. The van der Waals surface area contributed by atoms with Crippen LogP contribution in [0.15, 0.2) is 24.3 Å². The predicted octanol–water partition coefficient (Wildman–Crippen LogP) is 1.04. The Kier molecular flexibility index (Phi) is 6.08. The first-order valence-corrected chi connectivity index (χ1v) is 9.15. The van der Waals surface area contributed by atoms with E-state index in [9.17, 15) is 14.4 Å². The highest BCUT2D eigenvalue weighted by Crippen LogP contribution is 2.35. The van der Waals surface area contributed by atoms with Gasteiger partial charge in [0.1, 0.15) is 6.04 Å². The zero-order chi connectivity index (χ0) is 19.4. The molecule has 2 aliphatic heterocycles. The largest absolute Gasteiger partial charge is 0.481 e. The van der Waals surface area contributed by atoms with Crippen LogP contribution in [0.1, 0.15) is 37.2 Å². The molecule has 0 saturated carbocycles. The van der Waals surface area contributed by atoms with E-state index in [2.05, 4.69) is 16.0 Å². The molecule has 27 heavy (non-hydrogen) atoms. The minimum absolute atomic E-state index is 0.0406. The third kappa shape index (κ3) is 4.84. The average Bonchev–Trinajstić information content (AvgIpc) is 3.09. The first-order chi connectivity index (χ1) is 13.0. The number of fused-ring (bicyclic) bond motifs is 1. The van der Waals surface area contributed by atoms with E-state index in [4.69, 9.17) is 9.84 Å². The highest BCUT2D eigenvalue weighted by molar-refractivity contribution is 5.92. The highest BCUT2D eigenvalue weighted by Gasteiger charge is 2.41. The molecule has 0 aliphatic carbocycles. The van der Waals surface area contributed by atoms with Gasteiger partial charge in [-0.25, -0.2) is 0 Å². The lowest BCUT2D eigenvalue weighted by atomic mass is 9.83. The molecule has 2 saturated heterocycles. The maximum atomic E-state index is 11.7. The van der Waals surface area contributed by atoms with E-state index in [0.29, 0.717) is 17.5 Å². The van der Waals surface area contributed by atoms with Crippen LogP contribution in [-0.4, -0.2) is 48.8 Å². The number of aliphatic carboxylic acids is 1. The summed E-state index contributed by atoms with van der Waals surface area (Å²) < 4.78 is 4.83. The fraction of sp³-hybridized carbons (Fsp3) is 0.526. The first kappa shape index (κ1) is 19.3. The molecule has 2 heterocycles. The summed E-state index contributed by atoms with van der Waals surface area (Å²) in [6, 6.07) is 7.40. The molecule has 4 N–H and O–H groups in total. The van der Waals surface area contributed by atoms with Gasteiger partial charge in [0.15, 0.2) is 0 Å². The summed E-state index contributed by atoms with van der Waals surface area (Å²) in [6.07, 6.45) is 1.65. The third-order valence-corrected chi connectivity index (χ3v) is 5.28. The summed E-state index contributed by atoms with van der Waals surface area (Å²) in [5.74, 6) is -0.812. The molecule has 1 aromatic rings. The van der Waals surface area contributed by atoms with Crippen LogP contribution in [0.5, 0.6) is 0 Å². The van der Waals surface area contributed by atoms with Crippen LogP contribution >= 0.6 is 0 Å². The Morgan fingerprint density at radius 1 is 1.19 bits per heavy atom. The van der Waals surface area contributed by atoms with E-state index in [1.54, 1.807) is 0 Å². The van der Waals surface area contributed by atoms with E-state index in [1.165, 1.54) is 12.7 Å². The van der Waals surface area contributed by atoms with Gasteiger partial charge < -0.3 is 20.5 Å². The topological polar surface area (TPSA) is 117 Å². The van der Waals surface area contributed by atoms with Crippen LogP contribution in [0.3, 0.4) is 0 Å². The Bertz CT molecular complexity index is 706. The van der Waals surface area contributed by atoms with Crippen LogP contribution in [0, 0.1) is 5.92 Å². The molecule has 2 aliphatic rings. The lowest BCUT2D eigenvalue weighted by Crippen LogP contribution is -2.50. The molecule has 0 radical (unpaired) electrons. The molecule has 146 valence electrons. The quantitative estimate of drug-likeness (QED) is 0.549. The maximum absolute atomic E-state index is 11.7. The number of nitrogens with one attached hydrogen (secondary N) is 3. The van der Waals surface area contributed by atoms with Crippen molar-refractivity contribution in [2.24, 2.45) is 5.92 Å². The van der Waals surface area contributed by atoms with Gasteiger partial charge in [0, 0.05) is 18.7 Å². The van der Waals surface area contributed by atoms with Crippen LogP contribution in [0.25, 0.3) is 0 Å². The third-order valence-electron chi connectivity index (χ3n) is 5.28. The van der Waals surface area contributed by atoms with Gasteiger partial charge in [0.2, 0.25) is 5.91 Å². The number of carboxylic acids is 1. The molecule has 4 unspecified atom stereocenters. The first-order valence-electron chi connectivity index (χ1n) is 9.15. The summed E-state index contributed by atoms with van der Waals surface area (Å²) in [4.78, 5) is 34.0. The van der Waals surface area contributed by atoms with Crippen molar-refractivity contribution in [2.75, 3.05) is 19.0 Å². The van der Waals surface area contributed by atoms with E-state index >= 15 is 0 Å². The number of esters is 1. The minimum Gasteiger partial charge on any atom is -0.481 e. The van der Waals surface area contributed by atoms with Gasteiger partial charge in [0.05, 0.1) is 19.7 Å². The number of rotatable bonds is 6. The maximum Gasteiger partial charge on any atom is 0.322 e. The Labute approximate surface area is 157 Å². The predicted molar refractivity (Wildman–Crippen MR) is 98.1 cm³/mol. The molecule has 1 amide bonds. The van der Waals surface area contributed by atoms with Crippen LogP contribution in [0.4, 0.5) is 5.69 Å². The van der Waals surface area contributed by atoms with Gasteiger partial charge in [-0.2, -0.15) is 0 Å². The van der Waals surface area contributed by atoms with Crippen LogP contribution < -0.4 is 16.0 Å². The highest BCUT2D eigenvalue weighted by atomic mass is 16.5. The van der Waals surface area contributed by atoms with Gasteiger partial charge in [-0.3, -0.25) is 19.7 Å². The Morgan fingerprint density at radius 2 is 1.93 bits per heavy atom. The number of benzene rings is 1. The normalized spacial score (nSPS) is 26.9. The molecule has 4 atom stereocenters. The molecule has 3 rings (SSSR count). The number of methoxy groups -OCH3 is 1. The Balaban J connectivity index is 1.54. The molecule has 0 aromatic heterocycles. The molecule has 1 aromatic carbocycles. The molecule has 0 spiro atoms. The Morgan fingerprint density at radius 3 is 2.59 bits per heavy atom. The van der Waals surface area contributed by atoms with Crippen molar-refractivity contribution in [3.8, 4) is 0 Å². The second kappa shape index (κ2) is 8.49. The number of piperidine rings is 1. The van der Waals surface area contributed by atoms with Crippen LogP contribution in [-0.2, 0) is 19.1 Å². The van der Waals surface area contributed by atoms with Crippen molar-refractivity contribution < 1.29 is 24.2 Å². The summed E-state index contributed by atoms with van der Waals surface area (Å²) in [7, 11) is 1.41. The molecular weight excluding hydrogens is 350 g/mol. The number of anilines is 1. The summed E-state index contributed by atoms with van der Waals surface area (Å²) in [6.45, 7) is 0.812. The molecule has 0 bridgehead atoms.